The molecule has 0 aromatic heterocycles. The number of nitrogens with two attached hydrogens (primary N) is 1. The first-order chi connectivity index (χ1) is 5.29. The van der Waals surface area contributed by atoms with Crippen molar-refractivity contribution >= 4 is 11.8 Å². The van der Waals surface area contributed by atoms with Crippen LogP contribution in [0, 0.1) is 0 Å². The zero-order chi connectivity index (χ0) is 8.10. The number of thioether (sulfide) groups is 1. The molecule has 1 saturated heterocycles. The Labute approximate surface area is 73.3 Å². The van der Waals surface area contributed by atoms with Gasteiger partial charge in [0, 0.05) is 17.8 Å². The van der Waals surface area contributed by atoms with Gasteiger partial charge in [-0.25, -0.2) is 0 Å². The standard InChI is InChI=1S/C8H18N2S/c1-7(9)3-5-11-8-2-4-10-6-8/h7-8,10H,2-6,9H2,1H3. The summed E-state index contributed by atoms with van der Waals surface area (Å²) < 4.78 is 0. The predicted molar refractivity (Wildman–Crippen MR) is 52.0 cm³/mol. The summed E-state index contributed by atoms with van der Waals surface area (Å²) in [4.78, 5) is 0. The molecule has 3 heteroatoms. The molecule has 11 heavy (non-hydrogen) atoms. The molecule has 0 aromatic rings. The van der Waals surface area contributed by atoms with Crippen molar-refractivity contribution in [2.24, 2.45) is 5.73 Å². The molecule has 0 amide bonds. The highest BCUT2D eigenvalue weighted by Gasteiger charge is 2.13. The molecule has 0 spiro atoms. The van der Waals surface area contributed by atoms with E-state index in [4.69, 9.17) is 5.73 Å². The summed E-state index contributed by atoms with van der Waals surface area (Å²) in [6.07, 6.45) is 2.49. The zero-order valence-corrected chi connectivity index (χ0v) is 7.99. The molecule has 1 aliphatic rings. The average molecular weight is 174 g/mol. The van der Waals surface area contributed by atoms with Crippen molar-refractivity contribution in [3.63, 3.8) is 0 Å². The molecule has 0 radical (unpaired) electrons. The van der Waals surface area contributed by atoms with E-state index in [9.17, 15) is 0 Å². The lowest BCUT2D eigenvalue weighted by atomic mass is 10.3. The van der Waals surface area contributed by atoms with Crippen molar-refractivity contribution in [2.75, 3.05) is 18.8 Å². The summed E-state index contributed by atoms with van der Waals surface area (Å²) in [7, 11) is 0. The second-order valence-electron chi connectivity index (χ2n) is 3.25. The van der Waals surface area contributed by atoms with Crippen LogP contribution in [0.4, 0.5) is 0 Å². The third kappa shape index (κ3) is 3.99. The van der Waals surface area contributed by atoms with Crippen LogP contribution in [0.5, 0.6) is 0 Å². The molecule has 0 aliphatic carbocycles. The smallest absolute Gasteiger partial charge is 0.0184 e. The molecule has 1 fully saturated rings. The molecule has 1 rings (SSSR count). The maximum atomic E-state index is 5.65. The highest BCUT2D eigenvalue weighted by atomic mass is 32.2. The quantitative estimate of drug-likeness (QED) is 0.662. The van der Waals surface area contributed by atoms with Gasteiger partial charge in [-0.15, -0.1) is 0 Å². The fourth-order valence-corrected chi connectivity index (χ4v) is 2.55. The van der Waals surface area contributed by atoms with E-state index in [1.807, 2.05) is 0 Å². The Hall–Kier alpha value is 0.270. The van der Waals surface area contributed by atoms with E-state index >= 15 is 0 Å². The predicted octanol–water partition coefficient (Wildman–Crippen LogP) is 0.819. The van der Waals surface area contributed by atoms with E-state index in [0.717, 1.165) is 11.7 Å². The minimum Gasteiger partial charge on any atom is -0.328 e. The average Bonchev–Trinajstić information content (AvgIpc) is 2.39. The molecule has 1 heterocycles. The van der Waals surface area contributed by atoms with Crippen molar-refractivity contribution in [2.45, 2.75) is 31.1 Å². The van der Waals surface area contributed by atoms with E-state index in [0.29, 0.717) is 6.04 Å². The summed E-state index contributed by atoms with van der Waals surface area (Å²) in [5.74, 6) is 1.23. The SMILES string of the molecule is CC(N)CCSC1CCNC1. The summed E-state index contributed by atoms with van der Waals surface area (Å²) in [5.41, 5.74) is 5.65. The Bertz CT molecular complexity index is 100. The Morgan fingerprint density at radius 2 is 2.55 bits per heavy atom. The zero-order valence-electron chi connectivity index (χ0n) is 7.18. The topological polar surface area (TPSA) is 38.0 Å². The van der Waals surface area contributed by atoms with Gasteiger partial charge in [0.25, 0.3) is 0 Å². The van der Waals surface area contributed by atoms with Crippen molar-refractivity contribution in [3.05, 3.63) is 0 Å². The van der Waals surface area contributed by atoms with Crippen LogP contribution in [-0.2, 0) is 0 Å². The van der Waals surface area contributed by atoms with E-state index < -0.39 is 0 Å². The van der Waals surface area contributed by atoms with Gasteiger partial charge >= 0.3 is 0 Å². The molecular weight excluding hydrogens is 156 g/mol. The van der Waals surface area contributed by atoms with Crippen LogP contribution in [0.1, 0.15) is 19.8 Å². The highest BCUT2D eigenvalue weighted by molar-refractivity contribution is 7.99. The second-order valence-corrected chi connectivity index (χ2v) is 4.66. The van der Waals surface area contributed by atoms with Gasteiger partial charge in [-0.05, 0) is 32.1 Å². The molecule has 0 bridgehead atoms. The molecule has 0 saturated carbocycles. The number of nitrogens with one attached hydrogen (secondary N) is 1. The first kappa shape index (κ1) is 9.36. The molecule has 0 aromatic carbocycles. The number of hydrogen-bond acceptors (Lipinski definition) is 3. The fourth-order valence-electron chi connectivity index (χ4n) is 1.19. The lowest BCUT2D eigenvalue weighted by Gasteiger charge is -2.08. The Balaban J connectivity index is 1.94. The molecule has 2 atom stereocenters. The van der Waals surface area contributed by atoms with Crippen LogP contribution < -0.4 is 11.1 Å². The maximum Gasteiger partial charge on any atom is 0.0184 e. The van der Waals surface area contributed by atoms with E-state index in [-0.39, 0.29) is 0 Å². The van der Waals surface area contributed by atoms with Gasteiger partial charge in [-0.2, -0.15) is 11.8 Å². The molecule has 66 valence electrons. The van der Waals surface area contributed by atoms with Crippen LogP contribution in [0.2, 0.25) is 0 Å². The maximum absolute atomic E-state index is 5.65. The van der Waals surface area contributed by atoms with Crippen molar-refractivity contribution in [1.29, 1.82) is 0 Å². The molecule has 3 N–H and O–H groups in total. The monoisotopic (exact) mass is 174 g/mol. The van der Waals surface area contributed by atoms with E-state index in [1.54, 1.807) is 0 Å². The second kappa shape index (κ2) is 5.01. The summed E-state index contributed by atoms with van der Waals surface area (Å²) in [5, 5.41) is 4.21. The lowest BCUT2D eigenvalue weighted by molar-refractivity contribution is 0.720. The largest absolute Gasteiger partial charge is 0.328 e. The number of rotatable bonds is 4. The Morgan fingerprint density at radius 3 is 3.09 bits per heavy atom. The van der Waals surface area contributed by atoms with E-state index in [1.165, 1.54) is 25.3 Å². The fraction of sp³-hybridized carbons (Fsp3) is 1.00. The minimum absolute atomic E-state index is 0.372. The first-order valence-electron chi connectivity index (χ1n) is 4.37. The van der Waals surface area contributed by atoms with Crippen molar-refractivity contribution < 1.29 is 0 Å². The van der Waals surface area contributed by atoms with Gasteiger partial charge in [0.2, 0.25) is 0 Å². The minimum atomic E-state index is 0.372. The molecule has 1 aliphatic heterocycles. The van der Waals surface area contributed by atoms with Crippen molar-refractivity contribution in [3.8, 4) is 0 Å². The summed E-state index contributed by atoms with van der Waals surface area (Å²) in [6.45, 7) is 4.48. The highest BCUT2D eigenvalue weighted by Crippen LogP contribution is 2.18. The third-order valence-electron chi connectivity index (χ3n) is 1.94. The molecule has 2 unspecified atom stereocenters. The van der Waals surface area contributed by atoms with Gasteiger partial charge in [0.1, 0.15) is 0 Å². The van der Waals surface area contributed by atoms with Crippen LogP contribution in [0.3, 0.4) is 0 Å². The summed E-state index contributed by atoms with van der Waals surface area (Å²) in [6, 6.07) is 0.372. The molecular formula is C8H18N2S. The lowest BCUT2D eigenvalue weighted by Crippen LogP contribution is -2.17. The van der Waals surface area contributed by atoms with Gasteiger partial charge in [0.15, 0.2) is 0 Å². The Kier molecular flexibility index (Phi) is 4.26. The first-order valence-corrected chi connectivity index (χ1v) is 5.42. The Morgan fingerprint density at radius 1 is 1.73 bits per heavy atom. The van der Waals surface area contributed by atoms with E-state index in [2.05, 4.69) is 24.0 Å². The van der Waals surface area contributed by atoms with Crippen LogP contribution in [-0.4, -0.2) is 30.1 Å². The van der Waals surface area contributed by atoms with Gasteiger partial charge in [-0.3, -0.25) is 0 Å². The van der Waals surface area contributed by atoms with Gasteiger partial charge in [0.05, 0.1) is 0 Å². The van der Waals surface area contributed by atoms with Gasteiger partial charge < -0.3 is 11.1 Å². The van der Waals surface area contributed by atoms with Crippen LogP contribution in [0.25, 0.3) is 0 Å². The van der Waals surface area contributed by atoms with Crippen molar-refractivity contribution in [1.82, 2.24) is 5.32 Å². The number of hydrogen-bond donors (Lipinski definition) is 2. The van der Waals surface area contributed by atoms with Gasteiger partial charge in [-0.1, -0.05) is 0 Å². The molecule has 2 nitrogen and oxygen atoms in total. The third-order valence-corrected chi connectivity index (χ3v) is 3.29. The normalized spacial score (nSPS) is 27.3. The van der Waals surface area contributed by atoms with Crippen LogP contribution >= 0.6 is 11.8 Å². The van der Waals surface area contributed by atoms with Crippen LogP contribution in [0.15, 0.2) is 0 Å². The summed E-state index contributed by atoms with van der Waals surface area (Å²) >= 11 is 2.07.